The molecule has 0 aliphatic rings. The monoisotopic (exact) mass is 285 g/mol. The number of para-hydroxylation sites is 1. The van der Waals surface area contributed by atoms with Crippen LogP contribution < -0.4 is 4.90 Å². The van der Waals surface area contributed by atoms with Crippen LogP contribution in [0.3, 0.4) is 0 Å². The number of carbonyl (C=O) groups excluding carboxylic acids is 1. The molecule has 0 spiro atoms. The summed E-state index contributed by atoms with van der Waals surface area (Å²) >= 11 is 3.19. The summed E-state index contributed by atoms with van der Waals surface area (Å²) in [5.74, 6) is 0.109. The largest absolute Gasteiger partial charge is 0.312 e. The number of amides is 1. The Bertz CT molecular complexity index is 287. The molecule has 1 rings (SSSR count). The molecule has 1 aromatic rings. The predicted octanol–water partition coefficient (Wildman–Crippen LogP) is 3.85. The van der Waals surface area contributed by atoms with Gasteiger partial charge in [0.05, 0.1) is 5.33 Å². The number of carbonyl (C=O) groups is 1. The van der Waals surface area contributed by atoms with Gasteiger partial charge in [-0.2, -0.15) is 0 Å². The second-order valence-corrected chi connectivity index (χ2v) is 3.58. The number of hydrogen-bond acceptors (Lipinski definition) is 1. The molecular weight excluding hydrogens is 266 g/mol. The highest BCUT2D eigenvalue weighted by Gasteiger charge is 2.12. The molecule has 0 radical (unpaired) electrons. The normalized spacial score (nSPS) is 9.00. The molecule has 0 heterocycles. The van der Waals surface area contributed by atoms with Crippen molar-refractivity contribution in [2.24, 2.45) is 0 Å². The van der Waals surface area contributed by atoms with E-state index in [1.807, 2.05) is 44.2 Å². The number of nitrogens with zero attached hydrogens (tertiary/aromatic N) is 1. The maximum Gasteiger partial charge on any atom is 0.237 e. The van der Waals surface area contributed by atoms with Gasteiger partial charge < -0.3 is 4.90 Å². The lowest BCUT2D eigenvalue weighted by atomic mass is 10.2. The first kappa shape index (κ1) is 15.2. The highest BCUT2D eigenvalue weighted by atomic mass is 79.9. The zero-order chi connectivity index (χ0) is 12.4. The van der Waals surface area contributed by atoms with Crippen LogP contribution in [-0.4, -0.2) is 17.8 Å². The van der Waals surface area contributed by atoms with Crippen molar-refractivity contribution < 1.29 is 4.79 Å². The standard InChI is InChI=1S/C11H14BrNO.C2H6/c1-2-8-13(11(14)9-12)10-6-4-3-5-7-10;1-2/h3-7H,2,8-9H2,1H3;1-2H3. The summed E-state index contributed by atoms with van der Waals surface area (Å²) in [5, 5.41) is 0.377. The second-order valence-electron chi connectivity index (χ2n) is 3.01. The topological polar surface area (TPSA) is 20.3 Å². The van der Waals surface area contributed by atoms with Gasteiger partial charge in [0.25, 0.3) is 0 Å². The lowest BCUT2D eigenvalue weighted by molar-refractivity contribution is -0.116. The lowest BCUT2D eigenvalue weighted by Crippen LogP contribution is -2.32. The van der Waals surface area contributed by atoms with Crippen LogP contribution >= 0.6 is 15.9 Å². The Morgan fingerprint density at radius 3 is 2.25 bits per heavy atom. The lowest BCUT2D eigenvalue weighted by Gasteiger charge is -2.21. The number of anilines is 1. The van der Waals surface area contributed by atoms with E-state index in [1.54, 1.807) is 4.90 Å². The maximum absolute atomic E-state index is 11.6. The molecule has 3 heteroatoms. The summed E-state index contributed by atoms with van der Waals surface area (Å²) < 4.78 is 0. The van der Waals surface area contributed by atoms with Crippen molar-refractivity contribution in [2.45, 2.75) is 27.2 Å². The van der Waals surface area contributed by atoms with Crippen LogP contribution in [0.1, 0.15) is 27.2 Å². The van der Waals surface area contributed by atoms with Gasteiger partial charge in [0.1, 0.15) is 0 Å². The van der Waals surface area contributed by atoms with Crippen LogP contribution in [0.15, 0.2) is 30.3 Å². The smallest absolute Gasteiger partial charge is 0.237 e. The third-order valence-corrected chi connectivity index (χ3v) is 2.41. The first-order valence-electron chi connectivity index (χ1n) is 5.71. The Morgan fingerprint density at radius 1 is 1.25 bits per heavy atom. The quantitative estimate of drug-likeness (QED) is 0.770. The Kier molecular flexibility index (Phi) is 8.91. The predicted molar refractivity (Wildman–Crippen MR) is 74.2 cm³/mol. The van der Waals surface area contributed by atoms with Gasteiger partial charge in [0, 0.05) is 12.2 Å². The van der Waals surface area contributed by atoms with Crippen molar-refractivity contribution in [3.8, 4) is 0 Å². The van der Waals surface area contributed by atoms with Gasteiger partial charge in [-0.25, -0.2) is 0 Å². The van der Waals surface area contributed by atoms with Crippen molar-refractivity contribution in [1.82, 2.24) is 0 Å². The van der Waals surface area contributed by atoms with Gasteiger partial charge in [0.15, 0.2) is 0 Å². The maximum atomic E-state index is 11.6. The highest BCUT2D eigenvalue weighted by Crippen LogP contribution is 2.14. The average Bonchev–Trinajstić information content (AvgIpc) is 2.38. The van der Waals surface area contributed by atoms with Crippen molar-refractivity contribution in [1.29, 1.82) is 0 Å². The van der Waals surface area contributed by atoms with Crippen LogP contribution in [0.4, 0.5) is 5.69 Å². The van der Waals surface area contributed by atoms with Crippen molar-refractivity contribution in [3.63, 3.8) is 0 Å². The summed E-state index contributed by atoms with van der Waals surface area (Å²) in [4.78, 5) is 13.4. The summed E-state index contributed by atoms with van der Waals surface area (Å²) in [6.07, 6.45) is 0.966. The molecule has 0 saturated carbocycles. The molecule has 1 aromatic carbocycles. The first-order chi connectivity index (χ1) is 7.79. The average molecular weight is 286 g/mol. The number of rotatable bonds is 4. The second kappa shape index (κ2) is 9.40. The number of benzene rings is 1. The summed E-state index contributed by atoms with van der Waals surface area (Å²) in [5.41, 5.74) is 0.971. The zero-order valence-electron chi connectivity index (χ0n) is 10.2. The molecule has 0 aliphatic heterocycles. The van der Waals surface area contributed by atoms with Crippen LogP contribution in [0.25, 0.3) is 0 Å². The van der Waals surface area contributed by atoms with Crippen molar-refractivity contribution >= 4 is 27.5 Å². The van der Waals surface area contributed by atoms with E-state index < -0.39 is 0 Å². The fourth-order valence-electron chi connectivity index (χ4n) is 1.30. The van der Waals surface area contributed by atoms with E-state index in [0.717, 1.165) is 18.7 Å². The van der Waals surface area contributed by atoms with E-state index in [-0.39, 0.29) is 5.91 Å². The number of halogens is 1. The molecule has 2 nitrogen and oxygen atoms in total. The van der Waals surface area contributed by atoms with Crippen LogP contribution in [0.5, 0.6) is 0 Å². The fraction of sp³-hybridized carbons (Fsp3) is 0.462. The molecule has 0 unspecified atom stereocenters. The molecule has 90 valence electrons. The molecule has 0 bridgehead atoms. The van der Waals surface area contributed by atoms with Gasteiger partial charge >= 0.3 is 0 Å². The molecule has 0 aliphatic carbocycles. The third kappa shape index (κ3) is 4.79. The van der Waals surface area contributed by atoms with E-state index in [1.165, 1.54) is 0 Å². The van der Waals surface area contributed by atoms with Gasteiger partial charge in [0.2, 0.25) is 5.91 Å². The van der Waals surface area contributed by atoms with E-state index in [2.05, 4.69) is 22.9 Å². The Balaban J connectivity index is 0.00000106. The summed E-state index contributed by atoms with van der Waals surface area (Å²) in [6.45, 7) is 6.84. The van der Waals surface area contributed by atoms with Crippen molar-refractivity contribution in [3.05, 3.63) is 30.3 Å². The summed E-state index contributed by atoms with van der Waals surface area (Å²) in [7, 11) is 0. The van der Waals surface area contributed by atoms with E-state index >= 15 is 0 Å². The van der Waals surface area contributed by atoms with E-state index in [4.69, 9.17) is 0 Å². The van der Waals surface area contributed by atoms with Crippen LogP contribution in [0, 0.1) is 0 Å². The highest BCUT2D eigenvalue weighted by molar-refractivity contribution is 9.09. The molecule has 0 atom stereocenters. The Labute approximate surface area is 107 Å². The molecular formula is C13H20BrNO. The van der Waals surface area contributed by atoms with E-state index in [9.17, 15) is 4.79 Å². The molecule has 0 saturated heterocycles. The minimum Gasteiger partial charge on any atom is -0.312 e. The van der Waals surface area contributed by atoms with Gasteiger partial charge in [-0.15, -0.1) is 0 Å². The van der Waals surface area contributed by atoms with Gasteiger partial charge in [-0.1, -0.05) is 54.9 Å². The minimum absolute atomic E-state index is 0.109. The molecule has 1 amide bonds. The van der Waals surface area contributed by atoms with Gasteiger partial charge in [-0.3, -0.25) is 4.79 Å². The zero-order valence-corrected chi connectivity index (χ0v) is 11.8. The molecule has 16 heavy (non-hydrogen) atoms. The minimum atomic E-state index is 0.109. The Hall–Kier alpha value is -0.830. The van der Waals surface area contributed by atoms with Crippen LogP contribution in [0.2, 0.25) is 0 Å². The SMILES string of the molecule is CC.CCCN(C(=O)CBr)c1ccccc1. The summed E-state index contributed by atoms with van der Waals surface area (Å²) in [6, 6.07) is 9.75. The number of hydrogen-bond donors (Lipinski definition) is 0. The first-order valence-corrected chi connectivity index (χ1v) is 6.83. The van der Waals surface area contributed by atoms with Crippen molar-refractivity contribution in [2.75, 3.05) is 16.8 Å². The fourth-order valence-corrected chi connectivity index (χ4v) is 1.60. The van der Waals surface area contributed by atoms with Crippen LogP contribution in [-0.2, 0) is 4.79 Å². The third-order valence-electron chi connectivity index (χ3n) is 1.93. The van der Waals surface area contributed by atoms with E-state index in [0.29, 0.717) is 5.33 Å². The molecule has 0 N–H and O–H groups in total. The molecule has 0 aromatic heterocycles. The molecule has 0 fully saturated rings. The Morgan fingerprint density at radius 2 is 1.81 bits per heavy atom. The number of alkyl halides is 1. The van der Waals surface area contributed by atoms with Gasteiger partial charge in [-0.05, 0) is 18.6 Å².